The van der Waals surface area contributed by atoms with Gasteiger partial charge in [0.1, 0.15) is 0 Å². The van der Waals surface area contributed by atoms with Crippen molar-refractivity contribution in [3.05, 3.63) is 284 Å². The van der Waals surface area contributed by atoms with Crippen molar-refractivity contribution in [1.29, 1.82) is 0 Å². The Morgan fingerprint density at radius 2 is 0.300 bits per heavy atom. The number of anilines is 9. The highest BCUT2D eigenvalue weighted by Crippen LogP contribution is 2.41. The summed E-state index contributed by atoms with van der Waals surface area (Å²) >= 11 is 0. The lowest BCUT2D eigenvalue weighted by Gasteiger charge is -2.27. The van der Waals surface area contributed by atoms with Gasteiger partial charge in [-0.3, -0.25) is 0 Å². The standard InChI is InChI=1S/C75H71N3Si2/c1-54-10-32-65(33-11-54)76(68-38-16-57(17-39-68)59-20-42-70(43-21-59)77(66-34-12-55(2)13-35-66)72-46-24-61(25-47-72)63-28-50-74(51-29-63)79(4,5)6)69-40-18-58(19-41-69)60-22-44-71(45-23-60)78(67-36-14-56(3)15-37-67)73-48-26-62(27-49-73)64-30-52-75(53-31-64)80(7,8)9/h10-53H,1-9H3. The molecule has 0 unspecified atom stereocenters. The zero-order valence-corrected chi connectivity index (χ0v) is 49.7. The monoisotopic (exact) mass is 1070 g/mol. The fourth-order valence-corrected chi connectivity index (χ4v) is 12.9. The molecule has 0 heterocycles. The summed E-state index contributed by atoms with van der Waals surface area (Å²) < 4.78 is 0. The Balaban J connectivity index is 0.832. The minimum absolute atomic E-state index is 1.09. The molecular formula is C75H71N3Si2. The summed E-state index contributed by atoms with van der Waals surface area (Å²) in [5.41, 5.74) is 23.3. The maximum atomic E-state index is 2.40. The Morgan fingerprint density at radius 1 is 0.175 bits per heavy atom. The Morgan fingerprint density at radius 3 is 0.438 bits per heavy atom. The van der Waals surface area contributed by atoms with Crippen LogP contribution < -0.4 is 25.1 Å². The first-order chi connectivity index (χ1) is 38.6. The van der Waals surface area contributed by atoms with E-state index in [1.165, 1.54) is 49.3 Å². The summed E-state index contributed by atoms with van der Waals surface area (Å²) in [6, 6.07) is 98.7. The van der Waals surface area contributed by atoms with Crippen molar-refractivity contribution in [3.63, 3.8) is 0 Å². The lowest BCUT2D eigenvalue weighted by atomic mass is 10.0. The maximum absolute atomic E-state index is 2.40. The number of benzene rings is 11. The number of hydrogen-bond donors (Lipinski definition) is 0. The fourth-order valence-electron chi connectivity index (χ4n) is 10.6. The lowest BCUT2D eigenvalue weighted by Crippen LogP contribution is -2.37. The molecule has 0 saturated carbocycles. The molecule has 0 saturated heterocycles. The summed E-state index contributed by atoms with van der Waals surface area (Å²) in [5, 5.41) is 2.96. The van der Waals surface area contributed by atoms with E-state index in [1.807, 2.05) is 0 Å². The molecule has 5 heteroatoms. The van der Waals surface area contributed by atoms with Gasteiger partial charge < -0.3 is 14.7 Å². The SMILES string of the molecule is Cc1ccc(N(c2ccc(-c3ccc(N(c4ccc(C)cc4)c4ccc(-c5ccc([Si](C)(C)C)cc5)cc4)cc3)cc2)c2ccc(-c3ccc(N(c4ccc(C)cc4)c4ccc(-c5ccc([Si](C)(C)C)cc5)cc4)cc3)cc2)cc1. The van der Waals surface area contributed by atoms with E-state index in [1.54, 1.807) is 0 Å². The maximum Gasteiger partial charge on any atom is 0.0775 e. The molecule has 0 fully saturated rings. The van der Waals surface area contributed by atoms with Crippen LogP contribution in [0.5, 0.6) is 0 Å². The average Bonchev–Trinajstić information content (AvgIpc) is 3.48. The van der Waals surface area contributed by atoms with Crippen LogP contribution >= 0.6 is 0 Å². The Hall–Kier alpha value is -8.75. The van der Waals surface area contributed by atoms with Gasteiger partial charge in [0, 0.05) is 51.2 Å². The predicted molar refractivity (Wildman–Crippen MR) is 352 cm³/mol. The minimum Gasteiger partial charge on any atom is -0.311 e. The van der Waals surface area contributed by atoms with Gasteiger partial charge in [-0.15, -0.1) is 0 Å². The van der Waals surface area contributed by atoms with Crippen LogP contribution in [0.3, 0.4) is 0 Å². The zero-order valence-electron chi connectivity index (χ0n) is 47.7. The number of nitrogens with zero attached hydrogens (tertiary/aromatic N) is 3. The zero-order chi connectivity index (χ0) is 55.5. The van der Waals surface area contributed by atoms with Crippen molar-refractivity contribution in [2.45, 2.75) is 60.1 Å². The van der Waals surface area contributed by atoms with Gasteiger partial charge in [-0.2, -0.15) is 0 Å². The smallest absolute Gasteiger partial charge is 0.0775 e. The molecule has 0 aliphatic carbocycles. The third kappa shape index (κ3) is 11.8. The first-order valence-corrected chi connectivity index (χ1v) is 35.0. The van der Waals surface area contributed by atoms with Crippen LogP contribution in [0.4, 0.5) is 51.2 Å². The molecule has 11 rings (SSSR count). The molecule has 0 aromatic heterocycles. The van der Waals surface area contributed by atoms with Crippen LogP contribution in [0, 0.1) is 20.8 Å². The number of hydrogen-bond acceptors (Lipinski definition) is 3. The lowest BCUT2D eigenvalue weighted by molar-refractivity contribution is 1.27. The quantitative estimate of drug-likeness (QED) is 0.0948. The van der Waals surface area contributed by atoms with Crippen LogP contribution in [0.25, 0.3) is 44.5 Å². The molecule has 0 bridgehead atoms. The summed E-state index contributed by atoms with van der Waals surface area (Å²) in [6.07, 6.45) is 0. The fraction of sp³-hybridized carbons (Fsp3) is 0.120. The highest BCUT2D eigenvalue weighted by Gasteiger charge is 2.20. The van der Waals surface area contributed by atoms with Crippen molar-refractivity contribution in [3.8, 4) is 44.5 Å². The van der Waals surface area contributed by atoms with E-state index in [9.17, 15) is 0 Å². The van der Waals surface area contributed by atoms with Gasteiger partial charge in [-0.05, 0) is 174 Å². The van der Waals surface area contributed by atoms with E-state index in [4.69, 9.17) is 0 Å². The largest absolute Gasteiger partial charge is 0.311 e. The molecule has 0 spiro atoms. The predicted octanol–water partition coefficient (Wildman–Crippen LogP) is 20.8. The van der Waals surface area contributed by atoms with Gasteiger partial charge in [0.2, 0.25) is 0 Å². The summed E-state index contributed by atoms with van der Waals surface area (Å²) in [7, 11) is -2.73. The highest BCUT2D eigenvalue weighted by molar-refractivity contribution is 6.89. The Labute approximate surface area is 477 Å². The molecule has 0 aliphatic rings. The van der Waals surface area contributed by atoms with Crippen LogP contribution in [0.1, 0.15) is 16.7 Å². The van der Waals surface area contributed by atoms with Gasteiger partial charge >= 0.3 is 0 Å². The van der Waals surface area contributed by atoms with E-state index in [0.717, 1.165) is 73.4 Å². The first kappa shape index (κ1) is 53.3. The van der Waals surface area contributed by atoms with Gasteiger partial charge in [0.25, 0.3) is 0 Å². The molecule has 80 heavy (non-hydrogen) atoms. The van der Waals surface area contributed by atoms with Crippen LogP contribution in [-0.4, -0.2) is 16.1 Å². The van der Waals surface area contributed by atoms with E-state index in [2.05, 4.69) is 342 Å². The van der Waals surface area contributed by atoms with E-state index in [0.29, 0.717) is 0 Å². The Bertz CT molecular complexity index is 3580. The molecule has 3 nitrogen and oxygen atoms in total. The number of rotatable bonds is 15. The van der Waals surface area contributed by atoms with Crippen molar-refractivity contribution in [2.75, 3.05) is 14.7 Å². The molecule has 0 aliphatic heterocycles. The highest BCUT2D eigenvalue weighted by atomic mass is 28.3. The Kier molecular flexibility index (Phi) is 15.0. The average molecular weight is 1070 g/mol. The van der Waals surface area contributed by atoms with Crippen LogP contribution in [-0.2, 0) is 0 Å². The molecular weight excluding hydrogens is 999 g/mol. The summed E-state index contributed by atoms with van der Waals surface area (Å²) in [5.74, 6) is 0. The molecule has 0 radical (unpaired) electrons. The van der Waals surface area contributed by atoms with E-state index >= 15 is 0 Å². The third-order valence-electron chi connectivity index (χ3n) is 15.5. The first-order valence-electron chi connectivity index (χ1n) is 28.0. The van der Waals surface area contributed by atoms with Crippen LogP contribution in [0.15, 0.2) is 267 Å². The van der Waals surface area contributed by atoms with Gasteiger partial charge in [0.15, 0.2) is 0 Å². The second-order valence-electron chi connectivity index (χ2n) is 23.4. The molecule has 394 valence electrons. The topological polar surface area (TPSA) is 9.72 Å². The van der Waals surface area contributed by atoms with Crippen molar-refractivity contribution >= 4 is 77.7 Å². The molecule has 11 aromatic rings. The van der Waals surface area contributed by atoms with Gasteiger partial charge in [0.05, 0.1) is 16.1 Å². The molecule has 0 N–H and O–H groups in total. The number of aryl methyl sites for hydroxylation is 3. The third-order valence-corrected chi connectivity index (χ3v) is 19.6. The van der Waals surface area contributed by atoms with Gasteiger partial charge in [-0.25, -0.2) is 0 Å². The second kappa shape index (κ2) is 22.5. The van der Waals surface area contributed by atoms with Crippen molar-refractivity contribution in [2.24, 2.45) is 0 Å². The van der Waals surface area contributed by atoms with E-state index in [-0.39, 0.29) is 0 Å². The minimum atomic E-state index is -1.37. The normalized spacial score (nSPS) is 11.6. The van der Waals surface area contributed by atoms with Crippen molar-refractivity contribution < 1.29 is 0 Å². The van der Waals surface area contributed by atoms with Crippen LogP contribution in [0.2, 0.25) is 39.3 Å². The second-order valence-corrected chi connectivity index (χ2v) is 33.6. The molecule has 0 amide bonds. The molecule has 11 aromatic carbocycles. The van der Waals surface area contributed by atoms with Crippen molar-refractivity contribution in [1.82, 2.24) is 0 Å². The van der Waals surface area contributed by atoms with E-state index < -0.39 is 16.1 Å². The van der Waals surface area contributed by atoms with Gasteiger partial charge in [-0.1, -0.05) is 224 Å². The summed E-state index contributed by atoms with van der Waals surface area (Å²) in [4.78, 5) is 7.04. The summed E-state index contributed by atoms with van der Waals surface area (Å²) in [6.45, 7) is 20.8. The molecule has 0 atom stereocenters.